The van der Waals surface area contributed by atoms with E-state index in [1.54, 1.807) is 12.3 Å². The number of nitrogens with zero attached hydrogens (tertiary/aromatic N) is 2. The normalized spacial score (nSPS) is 14.5. The molecular weight excluding hydrogens is 356 g/mol. The molecule has 1 amide bonds. The first-order valence-corrected chi connectivity index (χ1v) is 8.05. The fourth-order valence-corrected chi connectivity index (χ4v) is 2.80. The van der Waals surface area contributed by atoms with Crippen LogP contribution in [-0.2, 0) is 4.74 Å². The highest BCUT2D eigenvalue weighted by Crippen LogP contribution is 2.25. The second-order valence-electron chi connectivity index (χ2n) is 5.20. The number of amides is 1. The van der Waals surface area contributed by atoms with Crippen LogP contribution < -0.4 is 10.2 Å². The average Bonchev–Trinajstić information content (AvgIpc) is 2.59. The average molecular weight is 370 g/mol. The first-order chi connectivity index (χ1) is 11.5. The number of anilines is 2. The molecule has 1 aliphatic rings. The first kappa shape index (κ1) is 17.0. The Morgan fingerprint density at radius 2 is 1.96 bits per heavy atom. The van der Waals surface area contributed by atoms with Crippen LogP contribution in [0.4, 0.5) is 15.9 Å². The minimum Gasteiger partial charge on any atom is -0.378 e. The van der Waals surface area contributed by atoms with Gasteiger partial charge in [0, 0.05) is 13.1 Å². The van der Waals surface area contributed by atoms with E-state index in [-0.39, 0.29) is 15.6 Å². The smallest absolute Gasteiger partial charge is 0.257 e. The van der Waals surface area contributed by atoms with Crippen LogP contribution in [0.1, 0.15) is 10.4 Å². The Bertz CT molecular complexity index is 750. The maximum absolute atomic E-state index is 13.5. The molecule has 8 heteroatoms. The van der Waals surface area contributed by atoms with Crippen LogP contribution in [0.2, 0.25) is 10.0 Å². The zero-order chi connectivity index (χ0) is 17.1. The molecule has 1 aromatic heterocycles. The van der Waals surface area contributed by atoms with E-state index in [1.807, 2.05) is 6.07 Å². The lowest BCUT2D eigenvalue weighted by atomic mass is 10.2. The molecule has 0 unspecified atom stereocenters. The van der Waals surface area contributed by atoms with Crippen molar-refractivity contribution in [2.24, 2.45) is 0 Å². The Balaban J connectivity index is 1.71. The summed E-state index contributed by atoms with van der Waals surface area (Å²) in [6.07, 6.45) is 1.54. The number of pyridine rings is 1. The van der Waals surface area contributed by atoms with Gasteiger partial charge in [0.1, 0.15) is 11.6 Å². The molecule has 1 fully saturated rings. The van der Waals surface area contributed by atoms with Gasteiger partial charge in [-0.15, -0.1) is 0 Å². The highest BCUT2D eigenvalue weighted by atomic mass is 35.5. The van der Waals surface area contributed by atoms with Crippen molar-refractivity contribution in [2.45, 2.75) is 0 Å². The predicted molar refractivity (Wildman–Crippen MR) is 91.6 cm³/mol. The monoisotopic (exact) mass is 369 g/mol. The number of hydrogen-bond donors (Lipinski definition) is 1. The highest BCUT2D eigenvalue weighted by Gasteiger charge is 2.16. The third-order valence-corrected chi connectivity index (χ3v) is 4.20. The molecule has 0 aliphatic carbocycles. The molecule has 5 nitrogen and oxygen atoms in total. The molecule has 0 bridgehead atoms. The van der Waals surface area contributed by atoms with Crippen molar-refractivity contribution >= 4 is 40.6 Å². The molecule has 1 aliphatic heterocycles. The van der Waals surface area contributed by atoms with Crippen LogP contribution in [0.3, 0.4) is 0 Å². The van der Waals surface area contributed by atoms with E-state index in [0.29, 0.717) is 18.9 Å². The van der Waals surface area contributed by atoms with E-state index in [9.17, 15) is 9.18 Å². The predicted octanol–water partition coefficient (Wildman–Crippen LogP) is 3.62. The number of halogens is 3. The van der Waals surface area contributed by atoms with E-state index < -0.39 is 11.7 Å². The van der Waals surface area contributed by atoms with Gasteiger partial charge in [-0.1, -0.05) is 23.2 Å². The zero-order valence-corrected chi connectivity index (χ0v) is 14.1. The number of aromatic nitrogens is 1. The van der Waals surface area contributed by atoms with Crippen molar-refractivity contribution in [1.82, 2.24) is 4.98 Å². The van der Waals surface area contributed by atoms with E-state index in [4.69, 9.17) is 27.9 Å². The number of carbonyl (C=O) groups excluding carboxylic acids is 1. The van der Waals surface area contributed by atoms with Gasteiger partial charge in [0.2, 0.25) is 0 Å². The van der Waals surface area contributed by atoms with Crippen molar-refractivity contribution in [3.8, 4) is 0 Å². The molecule has 1 N–H and O–H groups in total. The van der Waals surface area contributed by atoms with Crippen LogP contribution in [0.15, 0.2) is 30.5 Å². The molecule has 3 rings (SSSR count). The van der Waals surface area contributed by atoms with E-state index in [1.165, 1.54) is 6.07 Å². The molecule has 126 valence electrons. The van der Waals surface area contributed by atoms with Gasteiger partial charge in [0.25, 0.3) is 5.91 Å². The molecule has 1 saturated heterocycles. The summed E-state index contributed by atoms with van der Waals surface area (Å²) in [7, 11) is 0. The highest BCUT2D eigenvalue weighted by molar-refractivity contribution is 6.37. The SMILES string of the molecule is O=C(Nc1ccc(N2CCOCC2)nc1)c1cc(F)c(Cl)cc1Cl. The quantitative estimate of drug-likeness (QED) is 0.839. The summed E-state index contributed by atoms with van der Waals surface area (Å²) in [5, 5.41) is 2.59. The van der Waals surface area contributed by atoms with Gasteiger partial charge < -0.3 is 15.0 Å². The summed E-state index contributed by atoms with van der Waals surface area (Å²) in [5.74, 6) is -0.421. The second kappa shape index (κ2) is 7.34. The molecule has 1 aromatic carbocycles. The summed E-state index contributed by atoms with van der Waals surface area (Å²) >= 11 is 11.6. The van der Waals surface area contributed by atoms with E-state index in [2.05, 4.69) is 15.2 Å². The van der Waals surface area contributed by atoms with Crippen LogP contribution in [0.5, 0.6) is 0 Å². The molecule has 2 heterocycles. The standard InChI is InChI=1S/C16H14Cl2FN3O2/c17-12-8-13(18)14(19)7-11(12)16(23)21-10-1-2-15(20-9-10)22-3-5-24-6-4-22/h1-2,7-9H,3-6H2,(H,21,23). The van der Waals surface area contributed by atoms with Crippen LogP contribution in [-0.4, -0.2) is 37.2 Å². The summed E-state index contributed by atoms with van der Waals surface area (Å²) in [6, 6.07) is 5.75. The number of ether oxygens (including phenoxy) is 1. The summed E-state index contributed by atoms with van der Waals surface area (Å²) in [6.45, 7) is 2.89. The van der Waals surface area contributed by atoms with Gasteiger partial charge in [-0.05, 0) is 24.3 Å². The van der Waals surface area contributed by atoms with Crippen LogP contribution in [0.25, 0.3) is 0 Å². The number of morpholine rings is 1. The third-order valence-electron chi connectivity index (χ3n) is 3.60. The minimum absolute atomic E-state index is 0.0100. The number of benzene rings is 1. The Hall–Kier alpha value is -1.89. The molecule has 0 saturated carbocycles. The lowest BCUT2D eigenvalue weighted by molar-refractivity contribution is 0.102. The molecule has 24 heavy (non-hydrogen) atoms. The molecule has 0 atom stereocenters. The molecule has 2 aromatic rings. The van der Waals surface area contributed by atoms with Gasteiger partial charge in [0.05, 0.1) is 40.7 Å². The summed E-state index contributed by atoms with van der Waals surface area (Å²) < 4.78 is 18.8. The minimum atomic E-state index is -0.702. The van der Waals surface area contributed by atoms with Gasteiger partial charge in [0.15, 0.2) is 0 Å². The lowest BCUT2D eigenvalue weighted by Gasteiger charge is -2.27. The maximum Gasteiger partial charge on any atom is 0.257 e. The Labute approximate surface area is 148 Å². The van der Waals surface area contributed by atoms with Crippen LogP contribution in [0, 0.1) is 5.82 Å². The Morgan fingerprint density at radius 1 is 1.21 bits per heavy atom. The van der Waals surface area contributed by atoms with E-state index >= 15 is 0 Å². The number of hydrogen-bond acceptors (Lipinski definition) is 4. The molecule has 0 spiro atoms. The second-order valence-corrected chi connectivity index (χ2v) is 6.02. The largest absolute Gasteiger partial charge is 0.378 e. The summed E-state index contributed by atoms with van der Waals surface area (Å²) in [4.78, 5) is 18.7. The fourth-order valence-electron chi connectivity index (χ4n) is 2.33. The third kappa shape index (κ3) is 3.77. The van der Waals surface area contributed by atoms with Crippen molar-refractivity contribution in [3.63, 3.8) is 0 Å². The first-order valence-electron chi connectivity index (χ1n) is 7.29. The van der Waals surface area contributed by atoms with Crippen molar-refractivity contribution in [1.29, 1.82) is 0 Å². The van der Waals surface area contributed by atoms with Gasteiger partial charge in [-0.3, -0.25) is 4.79 Å². The summed E-state index contributed by atoms with van der Waals surface area (Å²) in [5.41, 5.74) is 0.499. The van der Waals surface area contributed by atoms with Crippen molar-refractivity contribution < 1.29 is 13.9 Å². The van der Waals surface area contributed by atoms with Crippen molar-refractivity contribution in [3.05, 3.63) is 51.9 Å². The van der Waals surface area contributed by atoms with E-state index in [0.717, 1.165) is 25.0 Å². The number of nitrogens with one attached hydrogen (secondary N) is 1. The van der Waals surface area contributed by atoms with Gasteiger partial charge >= 0.3 is 0 Å². The Morgan fingerprint density at radius 3 is 2.62 bits per heavy atom. The van der Waals surface area contributed by atoms with Crippen LogP contribution >= 0.6 is 23.2 Å². The Kier molecular flexibility index (Phi) is 5.18. The number of rotatable bonds is 3. The lowest BCUT2D eigenvalue weighted by Crippen LogP contribution is -2.36. The molecule has 0 radical (unpaired) electrons. The number of carbonyl (C=O) groups is 1. The maximum atomic E-state index is 13.5. The topological polar surface area (TPSA) is 54.5 Å². The van der Waals surface area contributed by atoms with Gasteiger partial charge in [-0.2, -0.15) is 0 Å². The fraction of sp³-hybridized carbons (Fsp3) is 0.250. The van der Waals surface area contributed by atoms with Crippen molar-refractivity contribution in [2.75, 3.05) is 36.5 Å². The zero-order valence-electron chi connectivity index (χ0n) is 12.6. The molecular formula is C16H14Cl2FN3O2. The van der Waals surface area contributed by atoms with Gasteiger partial charge in [-0.25, -0.2) is 9.37 Å².